The zero-order chi connectivity index (χ0) is 19.1. The van der Waals surface area contributed by atoms with E-state index in [0.717, 1.165) is 18.5 Å². The number of alkyl halides is 3. The molecule has 0 radical (unpaired) electrons. The van der Waals surface area contributed by atoms with Crippen LogP contribution in [-0.4, -0.2) is 21.6 Å². The molecule has 11 heteroatoms. The third-order valence-corrected chi connectivity index (χ3v) is 3.87. The molecule has 0 aliphatic rings. The van der Waals surface area contributed by atoms with Gasteiger partial charge in [0.1, 0.15) is 22.9 Å². The molecule has 0 spiro atoms. The van der Waals surface area contributed by atoms with Crippen LogP contribution in [0.5, 0.6) is 5.75 Å². The van der Waals surface area contributed by atoms with E-state index in [1.165, 1.54) is 7.11 Å². The van der Waals surface area contributed by atoms with Crippen molar-refractivity contribution >= 4 is 29.2 Å². The van der Waals surface area contributed by atoms with E-state index in [2.05, 4.69) is 0 Å². The predicted octanol–water partition coefficient (Wildman–Crippen LogP) is 2.70. The molecule has 134 valence electrons. The number of rotatable bonds is 3. The molecule has 0 aliphatic carbocycles. The molecule has 1 aromatic heterocycles. The number of thiocarbonyl (C=S) groups is 1. The second-order valence-corrected chi connectivity index (χ2v) is 5.44. The van der Waals surface area contributed by atoms with Crippen LogP contribution in [0.2, 0.25) is 5.02 Å². The highest BCUT2D eigenvalue weighted by Gasteiger charge is 2.35. The van der Waals surface area contributed by atoms with Crippen molar-refractivity contribution in [2.75, 3.05) is 7.11 Å². The summed E-state index contributed by atoms with van der Waals surface area (Å²) < 4.78 is 58.5. The lowest BCUT2D eigenvalue weighted by atomic mass is 10.1. The number of methoxy groups -OCH3 is 1. The predicted molar refractivity (Wildman–Crippen MR) is 86.6 cm³/mol. The van der Waals surface area contributed by atoms with Gasteiger partial charge in [0, 0.05) is 18.5 Å². The molecule has 0 unspecified atom stereocenters. The SMILES string of the molecule is COc1c(Cl)cc(F)c(-n2c(=O)cc(C(F)(F)F)n(C)c2=O)c1C=S. The van der Waals surface area contributed by atoms with Crippen LogP contribution in [0.15, 0.2) is 21.7 Å². The summed E-state index contributed by atoms with van der Waals surface area (Å²) in [6, 6.07) is 0.955. The molecular weight excluding hydrogens is 388 g/mol. The fourth-order valence-corrected chi connectivity index (χ4v) is 2.75. The van der Waals surface area contributed by atoms with Crippen LogP contribution in [0.25, 0.3) is 5.69 Å². The van der Waals surface area contributed by atoms with E-state index in [1.807, 2.05) is 0 Å². The Morgan fingerprint density at radius 1 is 1.28 bits per heavy atom. The van der Waals surface area contributed by atoms with Crippen molar-refractivity contribution in [2.45, 2.75) is 6.18 Å². The maximum Gasteiger partial charge on any atom is 0.431 e. The largest absolute Gasteiger partial charge is 0.494 e. The van der Waals surface area contributed by atoms with Gasteiger partial charge in [0.15, 0.2) is 0 Å². The molecule has 2 aromatic rings. The zero-order valence-corrected chi connectivity index (χ0v) is 14.2. The van der Waals surface area contributed by atoms with E-state index >= 15 is 0 Å². The lowest BCUT2D eigenvalue weighted by Crippen LogP contribution is -2.41. The molecular formula is C14H9ClF4N2O3S. The summed E-state index contributed by atoms with van der Waals surface area (Å²) in [6.07, 6.45) is -4.94. The van der Waals surface area contributed by atoms with Crippen LogP contribution >= 0.6 is 23.8 Å². The maximum atomic E-state index is 14.4. The Labute approximate surface area is 148 Å². The lowest BCUT2D eigenvalue weighted by molar-refractivity contribution is -0.144. The number of halogens is 5. The van der Waals surface area contributed by atoms with Crippen molar-refractivity contribution in [3.8, 4) is 11.4 Å². The quantitative estimate of drug-likeness (QED) is 0.591. The van der Waals surface area contributed by atoms with Crippen LogP contribution in [0, 0.1) is 5.82 Å². The van der Waals surface area contributed by atoms with E-state index in [-0.39, 0.29) is 31.5 Å². The highest BCUT2D eigenvalue weighted by molar-refractivity contribution is 7.79. The average molecular weight is 397 g/mol. The minimum absolute atomic E-state index is 0.123. The summed E-state index contributed by atoms with van der Waals surface area (Å²) >= 11 is 10.6. The van der Waals surface area contributed by atoms with Gasteiger partial charge in [0.2, 0.25) is 0 Å². The average Bonchev–Trinajstić information content (AvgIpc) is 2.51. The first-order valence-corrected chi connectivity index (χ1v) is 7.31. The van der Waals surface area contributed by atoms with E-state index in [9.17, 15) is 27.2 Å². The van der Waals surface area contributed by atoms with Gasteiger partial charge in [-0.15, -0.1) is 0 Å². The van der Waals surface area contributed by atoms with Gasteiger partial charge in [-0.2, -0.15) is 13.2 Å². The fourth-order valence-electron chi connectivity index (χ4n) is 2.26. The molecule has 5 nitrogen and oxygen atoms in total. The molecule has 0 saturated heterocycles. The number of hydrogen-bond donors (Lipinski definition) is 0. The summed E-state index contributed by atoms with van der Waals surface area (Å²) in [6.45, 7) is 0. The summed E-state index contributed by atoms with van der Waals surface area (Å²) in [7, 11) is 2.00. The molecule has 0 amide bonds. The Morgan fingerprint density at radius 3 is 2.36 bits per heavy atom. The third-order valence-electron chi connectivity index (χ3n) is 3.35. The van der Waals surface area contributed by atoms with Crippen molar-refractivity contribution < 1.29 is 22.3 Å². The Hall–Kier alpha value is -2.20. The number of nitrogens with zero attached hydrogens (tertiary/aromatic N) is 2. The van der Waals surface area contributed by atoms with Gasteiger partial charge in [0.05, 0.1) is 17.7 Å². The van der Waals surface area contributed by atoms with Crippen LogP contribution in [0.3, 0.4) is 0 Å². The van der Waals surface area contributed by atoms with Gasteiger partial charge in [-0.25, -0.2) is 13.8 Å². The van der Waals surface area contributed by atoms with E-state index < -0.39 is 34.6 Å². The topological polar surface area (TPSA) is 53.2 Å². The Kier molecular flexibility index (Phi) is 5.05. The minimum atomic E-state index is -4.94. The van der Waals surface area contributed by atoms with E-state index in [4.69, 9.17) is 28.6 Å². The number of ether oxygens (including phenoxy) is 1. The molecule has 1 aromatic carbocycles. The second-order valence-electron chi connectivity index (χ2n) is 4.80. The van der Waals surface area contributed by atoms with Crippen LogP contribution in [-0.2, 0) is 13.2 Å². The van der Waals surface area contributed by atoms with Crippen molar-refractivity contribution in [1.29, 1.82) is 0 Å². The van der Waals surface area contributed by atoms with Crippen molar-refractivity contribution in [3.05, 3.63) is 55.1 Å². The van der Waals surface area contributed by atoms with Gasteiger partial charge in [-0.05, 0) is 6.07 Å². The Bertz CT molecular complexity index is 982. The molecule has 0 aliphatic heterocycles. The minimum Gasteiger partial charge on any atom is -0.494 e. The first-order valence-electron chi connectivity index (χ1n) is 6.46. The highest BCUT2D eigenvalue weighted by Crippen LogP contribution is 2.34. The second kappa shape index (κ2) is 6.60. The van der Waals surface area contributed by atoms with Gasteiger partial charge in [-0.3, -0.25) is 9.36 Å². The van der Waals surface area contributed by atoms with Crippen molar-refractivity contribution in [3.63, 3.8) is 0 Å². The van der Waals surface area contributed by atoms with Gasteiger partial charge < -0.3 is 4.74 Å². The van der Waals surface area contributed by atoms with Gasteiger partial charge >= 0.3 is 11.9 Å². The van der Waals surface area contributed by atoms with Crippen LogP contribution < -0.4 is 16.0 Å². The molecule has 0 fully saturated rings. The molecule has 0 atom stereocenters. The zero-order valence-electron chi connectivity index (χ0n) is 12.6. The maximum absolute atomic E-state index is 14.4. The summed E-state index contributed by atoms with van der Waals surface area (Å²) in [5.74, 6) is -1.25. The first kappa shape index (κ1) is 19.1. The summed E-state index contributed by atoms with van der Waals surface area (Å²) in [5.41, 5.74) is -5.11. The molecule has 1 heterocycles. The number of aromatic nitrogens is 2. The van der Waals surface area contributed by atoms with Gasteiger partial charge in [0.25, 0.3) is 5.56 Å². The normalized spacial score (nSPS) is 11.5. The monoisotopic (exact) mass is 396 g/mol. The van der Waals surface area contributed by atoms with Crippen molar-refractivity contribution in [2.24, 2.45) is 7.05 Å². The molecule has 2 rings (SSSR count). The fraction of sp³-hybridized carbons (Fsp3) is 0.214. The van der Waals surface area contributed by atoms with E-state index in [1.54, 1.807) is 0 Å². The number of hydrogen-bond acceptors (Lipinski definition) is 4. The van der Waals surface area contributed by atoms with E-state index in [0.29, 0.717) is 0 Å². The third kappa shape index (κ3) is 3.19. The van der Waals surface area contributed by atoms with Crippen LogP contribution in [0.1, 0.15) is 11.3 Å². The Balaban J connectivity index is 3.00. The standard InChI is InChI=1S/C14H9ClF4N2O3S/c1-20-9(14(17,18)19)4-10(22)21(13(20)23)11-6(5-25)12(24-2)7(15)3-8(11)16/h3-5H,1-2H3. The molecule has 25 heavy (non-hydrogen) atoms. The summed E-state index contributed by atoms with van der Waals surface area (Å²) in [5, 5.41) is 0.726. The van der Waals surface area contributed by atoms with Crippen LogP contribution in [0.4, 0.5) is 17.6 Å². The number of benzene rings is 1. The molecule has 0 N–H and O–H groups in total. The smallest absolute Gasteiger partial charge is 0.431 e. The van der Waals surface area contributed by atoms with Crippen molar-refractivity contribution in [1.82, 2.24) is 9.13 Å². The lowest BCUT2D eigenvalue weighted by Gasteiger charge is -2.17. The summed E-state index contributed by atoms with van der Waals surface area (Å²) in [4.78, 5) is 24.4. The van der Waals surface area contributed by atoms with Gasteiger partial charge in [-0.1, -0.05) is 23.8 Å². The molecule has 0 saturated carbocycles. The molecule has 0 bridgehead atoms. The Morgan fingerprint density at radius 2 is 1.88 bits per heavy atom. The first-order chi connectivity index (χ1) is 11.5. The highest BCUT2D eigenvalue weighted by atomic mass is 35.5.